The molecule has 2 aliphatic rings. The van der Waals surface area contributed by atoms with Gasteiger partial charge in [0.15, 0.2) is 12.1 Å². The van der Waals surface area contributed by atoms with Crippen molar-refractivity contribution in [3.8, 4) is 0 Å². The van der Waals surface area contributed by atoms with Crippen LogP contribution in [0, 0.1) is 0 Å². The van der Waals surface area contributed by atoms with Crippen molar-refractivity contribution in [3.63, 3.8) is 0 Å². The number of ether oxygens (including phenoxy) is 4. The Morgan fingerprint density at radius 1 is 0.969 bits per heavy atom. The monoisotopic (exact) mass is 462 g/mol. The molecule has 8 heteroatoms. The zero-order valence-corrected chi connectivity index (χ0v) is 19.4. The number of rotatable bonds is 10. The highest BCUT2D eigenvalue weighted by atomic mass is 31.2. The summed E-state index contributed by atoms with van der Waals surface area (Å²) in [6, 6.07) is 19.3. The lowest BCUT2D eigenvalue weighted by atomic mass is 10.1. The van der Waals surface area contributed by atoms with Crippen LogP contribution in [-0.4, -0.2) is 41.4 Å². The average molecular weight is 462 g/mol. The Bertz CT molecular complexity index is 905. The van der Waals surface area contributed by atoms with E-state index in [1.165, 1.54) is 0 Å². The van der Waals surface area contributed by atoms with Crippen LogP contribution in [0.2, 0.25) is 0 Å². The van der Waals surface area contributed by atoms with Crippen LogP contribution in [-0.2, 0) is 41.3 Å². The van der Waals surface area contributed by atoms with Gasteiger partial charge in [0.2, 0.25) is 0 Å². The van der Waals surface area contributed by atoms with Crippen LogP contribution in [0.5, 0.6) is 0 Å². The fourth-order valence-corrected chi connectivity index (χ4v) is 5.12. The van der Waals surface area contributed by atoms with E-state index in [1.807, 2.05) is 74.5 Å². The quantitative estimate of drug-likeness (QED) is 0.516. The fourth-order valence-electron chi connectivity index (χ4n) is 4.05. The van der Waals surface area contributed by atoms with Crippen LogP contribution in [0.1, 0.15) is 37.8 Å². The molecular weight excluding hydrogens is 431 g/mol. The molecule has 0 aliphatic carbocycles. The second kappa shape index (κ2) is 10.1. The van der Waals surface area contributed by atoms with Crippen molar-refractivity contribution in [3.05, 3.63) is 71.8 Å². The highest BCUT2D eigenvalue weighted by molar-refractivity contribution is 7.52. The summed E-state index contributed by atoms with van der Waals surface area (Å²) in [5.41, 5.74) is 1.92. The molecule has 0 amide bonds. The molecule has 4 rings (SSSR count). The third-order valence-electron chi connectivity index (χ3n) is 5.58. The molecule has 0 aromatic heterocycles. The Morgan fingerprint density at radius 3 is 2.25 bits per heavy atom. The van der Waals surface area contributed by atoms with Gasteiger partial charge < -0.3 is 28.4 Å². The minimum absolute atomic E-state index is 0.0492. The first-order valence-electron chi connectivity index (χ1n) is 11.0. The third kappa shape index (κ3) is 6.27. The first-order valence-corrected chi connectivity index (χ1v) is 12.7. The molecule has 1 N–H and O–H groups in total. The van der Waals surface area contributed by atoms with E-state index < -0.39 is 19.7 Å². The Labute approximate surface area is 189 Å². The topological polar surface area (TPSA) is 83.5 Å². The van der Waals surface area contributed by atoms with Crippen molar-refractivity contribution >= 4 is 7.60 Å². The van der Waals surface area contributed by atoms with E-state index in [-0.39, 0.29) is 31.1 Å². The van der Waals surface area contributed by atoms with Gasteiger partial charge >= 0.3 is 7.60 Å². The van der Waals surface area contributed by atoms with Crippen molar-refractivity contribution in [2.24, 2.45) is 0 Å². The summed E-state index contributed by atoms with van der Waals surface area (Å²) < 4.78 is 41.9. The van der Waals surface area contributed by atoms with E-state index in [0.717, 1.165) is 11.1 Å². The van der Waals surface area contributed by atoms with Crippen molar-refractivity contribution in [1.29, 1.82) is 0 Å². The fraction of sp³-hybridized carbons (Fsp3) is 0.500. The SMILES string of the molecule is CC1(C)O[C@H]2O[C@H](CCCP(=O)(O)OCc3ccccc3)[C@@H](OCc3ccccc3)[C@H]2O1. The molecule has 1 unspecified atom stereocenters. The smallest absolute Gasteiger partial charge is 0.328 e. The first kappa shape index (κ1) is 23.6. The van der Waals surface area contributed by atoms with Crippen molar-refractivity contribution in [2.45, 2.75) is 70.3 Å². The van der Waals surface area contributed by atoms with Crippen LogP contribution in [0.15, 0.2) is 60.7 Å². The van der Waals surface area contributed by atoms with Gasteiger partial charge in [0.25, 0.3) is 0 Å². The minimum Gasteiger partial charge on any atom is -0.368 e. The zero-order chi connectivity index (χ0) is 22.6. The number of hydrogen-bond acceptors (Lipinski definition) is 6. The van der Waals surface area contributed by atoms with E-state index >= 15 is 0 Å². The molecule has 0 saturated carbocycles. The van der Waals surface area contributed by atoms with E-state index in [4.69, 9.17) is 23.5 Å². The molecule has 174 valence electrons. The molecule has 2 fully saturated rings. The standard InChI is InChI=1S/C24H31O7P/c1-24(2)30-22-21(27-16-18-10-5-3-6-11-18)20(29-23(22)31-24)14-9-15-32(25,26)28-17-19-12-7-4-8-13-19/h3-8,10-13,20-23H,9,14-17H2,1-2H3,(H,25,26)/t20-,21-,22-,23-/m1/s1. The van der Waals surface area contributed by atoms with Gasteiger partial charge in [0.05, 0.1) is 25.5 Å². The van der Waals surface area contributed by atoms with Crippen LogP contribution in [0.25, 0.3) is 0 Å². The second-order valence-corrected chi connectivity index (χ2v) is 10.6. The summed E-state index contributed by atoms with van der Waals surface area (Å²) in [5, 5.41) is 0. The van der Waals surface area contributed by atoms with Crippen LogP contribution in [0.4, 0.5) is 0 Å². The molecule has 7 nitrogen and oxygen atoms in total. The number of benzene rings is 2. The Morgan fingerprint density at radius 2 is 1.59 bits per heavy atom. The Kier molecular flexibility index (Phi) is 7.47. The summed E-state index contributed by atoms with van der Waals surface area (Å²) in [7, 11) is -3.70. The number of fused-ring (bicyclic) bond motifs is 1. The van der Waals surface area contributed by atoms with E-state index in [9.17, 15) is 9.46 Å². The molecule has 2 aliphatic heterocycles. The molecule has 2 heterocycles. The van der Waals surface area contributed by atoms with E-state index in [2.05, 4.69) is 0 Å². The highest BCUT2D eigenvalue weighted by Crippen LogP contribution is 2.45. The van der Waals surface area contributed by atoms with Gasteiger partial charge in [0.1, 0.15) is 12.2 Å². The second-order valence-electron chi connectivity index (χ2n) is 8.67. The summed E-state index contributed by atoms with van der Waals surface area (Å²) >= 11 is 0. The summed E-state index contributed by atoms with van der Waals surface area (Å²) in [6.07, 6.45) is -0.419. The maximum atomic E-state index is 12.4. The van der Waals surface area contributed by atoms with Crippen LogP contribution < -0.4 is 0 Å². The highest BCUT2D eigenvalue weighted by Gasteiger charge is 2.55. The van der Waals surface area contributed by atoms with Gasteiger partial charge in [-0.2, -0.15) is 0 Å². The molecule has 0 bridgehead atoms. The molecule has 0 radical (unpaired) electrons. The summed E-state index contributed by atoms with van der Waals surface area (Å²) in [4.78, 5) is 10.2. The van der Waals surface area contributed by atoms with Gasteiger partial charge in [-0.1, -0.05) is 60.7 Å². The normalized spacial score (nSPS) is 28.3. The molecule has 0 spiro atoms. The first-order chi connectivity index (χ1) is 15.3. The van der Waals surface area contributed by atoms with Gasteiger partial charge in [-0.15, -0.1) is 0 Å². The predicted molar refractivity (Wildman–Crippen MR) is 119 cm³/mol. The molecule has 2 aromatic rings. The minimum atomic E-state index is -3.70. The van der Waals surface area contributed by atoms with E-state index in [0.29, 0.717) is 19.4 Å². The van der Waals surface area contributed by atoms with Gasteiger partial charge in [-0.05, 0) is 37.8 Å². The lowest BCUT2D eigenvalue weighted by molar-refractivity contribution is -0.219. The Balaban J connectivity index is 1.31. The lowest BCUT2D eigenvalue weighted by Crippen LogP contribution is -2.36. The van der Waals surface area contributed by atoms with E-state index in [1.54, 1.807) is 0 Å². The van der Waals surface area contributed by atoms with Crippen molar-refractivity contribution in [1.82, 2.24) is 0 Å². The van der Waals surface area contributed by atoms with Crippen molar-refractivity contribution < 1.29 is 32.9 Å². The third-order valence-corrected chi connectivity index (χ3v) is 6.99. The van der Waals surface area contributed by atoms with Crippen LogP contribution >= 0.6 is 7.60 Å². The molecular formula is C24H31O7P. The maximum Gasteiger partial charge on any atom is 0.328 e. The predicted octanol–water partition coefficient (Wildman–Crippen LogP) is 4.63. The van der Waals surface area contributed by atoms with Crippen LogP contribution in [0.3, 0.4) is 0 Å². The number of hydrogen-bond donors (Lipinski definition) is 1. The lowest BCUT2D eigenvalue weighted by Gasteiger charge is -2.26. The van der Waals surface area contributed by atoms with Gasteiger partial charge in [0, 0.05) is 0 Å². The van der Waals surface area contributed by atoms with Crippen molar-refractivity contribution in [2.75, 3.05) is 6.16 Å². The largest absolute Gasteiger partial charge is 0.368 e. The molecule has 2 aromatic carbocycles. The van der Waals surface area contributed by atoms with Gasteiger partial charge in [-0.3, -0.25) is 4.57 Å². The molecule has 2 saturated heterocycles. The van der Waals surface area contributed by atoms with Gasteiger partial charge in [-0.25, -0.2) is 0 Å². The Hall–Kier alpha value is -1.57. The summed E-state index contributed by atoms with van der Waals surface area (Å²) in [6.45, 7) is 4.24. The molecule has 5 atom stereocenters. The average Bonchev–Trinajstić information content (AvgIpc) is 3.23. The zero-order valence-electron chi connectivity index (χ0n) is 18.5. The maximum absolute atomic E-state index is 12.4. The molecule has 32 heavy (non-hydrogen) atoms. The summed E-state index contributed by atoms with van der Waals surface area (Å²) in [5.74, 6) is -0.735.